The lowest BCUT2D eigenvalue weighted by Crippen LogP contribution is -2.53. The molecule has 1 atom stereocenters. The quantitative estimate of drug-likeness (QED) is 0.650. The molecule has 0 spiro atoms. The van der Waals surface area contributed by atoms with Crippen LogP contribution < -0.4 is 16.4 Å². The third kappa shape index (κ3) is 3.19. The molecule has 0 aromatic heterocycles. The van der Waals surface area contributed by atoms with Crippen molar-refractivity contribution in [3.8, 4) is 0 Å². The molecule has 96 valence electrons. The van der Waals surface area contributed by atoms with Crippen LogP contribution in [0.2, 0.25) is 0 Å². The van der Waals surface area contributed by atoms with E-state index < -0.39 is 0 Å². The van der Waals surface area contributed by atoms with Gasteiger partial charge in [-0.25, -0.2) is 0 Å². The molecular formula is C12H21N3O2. The lowest BCUT2D eigenvalue weighted by atomic mass is 9.82. The maximum Gasteiger partial charge on any atom is 0.242 e. The van der Waals surface area contributed by atoms with E-state index in [1.54, 1.807) is 0 Å². The molecule has 2 amide bonds. The van der Waals surface area contributed by atoms with Crippen LogP contribution in [0.25, 0.3) is 0 Å². The number of carbonyl (C=O) groups excluding carboxylic acids is 2. The van der Waals surface area contributed by atoms with Crippen LogP contribution in [0.4, 0.5) is 0 Å². The summed E-state index contributed by atoms with van der Waals surface area (Å²) in [6.07, 6.45) is 6.54. The molecule has 1 heterocycles. The molecular weight excluding hydrogens is 218 g/mol. The molecule has 0 unspecified atom stereocenters. The first-order valence-electron chi connectivity index (χ1n) is 6.45. The van der Waals surface area contributed by atoms with Crippen molar-refractivity contribution in [2.75, 3.05) is 6.54 Å². The Bertz CT molecular complexity index is 311. The highest BCUT2D eigenvalue weighted by Crippen LogP contribution is 2.25. The molecule has 5 nitrogen and oxygen atoms in total. The van der Waals surface area contributed by atoms with E-state index in [2.05, 4.69) is 10.6 Å². The lowest BCUT2D eigenvalue weighted by molar-refractivity contribution is -0.126. The van der Waals surface area contributed by atoms with Gasteiger partial charge in [0.2, 0.25) is 11.8 Å². The van der Waals surface area contributed by atoms with E-state index >= 15 is 0 Å². The lowest BCUT2D eigenvalue weighted by Gasteiger charge is -2.33. The summed E-state index contributed by atoms with van der Waals surface area (Å²) in [5.74, 6) is -0.128. The Morgan fingerprint density at radius 2 is 2.12 bits per heavy atom. The Kier molecular flexibility index (Phi) is 3.66. The normalized spacial score (nSPS) is 27.6. The van der Waals surface area contributed by atoms with Crippen molar-refractivity contribution in [1.29, 1.82) is 0 Å². The molecule has 0 aromatic carbocycles. The molecule has 1 aliphatic carbocycles. The number of hydrogen-bond donors (Lipinski definition) is 3. The summed E-state index contributed by atoms with van der Waals surface area (Å²) in [5, 5.41) is 5.54. The predicted octanol–water partition coefficient (Wildman–Crippen LogP) is 0.0428. The largest absolute Gasteiger partial charge is 0.352 e. The molecule has 1 saturated heterocycles. The molecule has 2 fully saturated rings. The molecule has 1 aliphatic heterocycles. The average Bonchev–Trinajstić information content (AvgIpc) is 2.74. The summed E-state index contributed by atoms with van der Waals surface area (Å²) in [6, 6.07) is -0.352. The van der Waals surface area contributed by atoms with Crippen molar-refractivity contribution in [2.24, 2.45) is 5.73 Å². The van der Waals surface area contributed by atoms with Crippen LogP contribution in [0.1, 0.15) is 44.9 Å². The predicted molar refractivity (Wildman–Crippen MR) is 64.2 cm³/mol. The van der Waals surface area contributed by atoms with Gasteiger partial charge in [-0.05, 0) is 19.3 Å². The number of amides is 2. The summed E-state index contributed by atoms with van der Waals surface area (Å²) < 4.78 is 0. The zero-order valence-electron chi connectivity index (χ0n) is 10.1. The molecule has 5 heteroatoms. The van der Waals surface area contributed by atoms with Crippen molar-refractivity contribution in [3.05, 3.63) is 0 Å². The van der Waals surface area contributed by atoms with Crippen molar-refractivity contribution in [2.45, 2.75) is 56.5 Å². The molecule has 0 bridgehead atoms. The van der Waals surface area contributed by atoms with Crippen LogP contribution >= 0.6 is 0 Å². The van der Waals surface area contributed by atoms with Crippen LogP contribution in [0.5, 0.6) is 0 Å². The highest BCUT2D eigenvalue weighted by molar-refractivity contribution is 5.90. The van der Waals surface area contributed by atoms with Gasteiger partial charge in [0, 0.05) is 18.5 Å². The van der Waals surface area contributed by atoms with Gasteiger partial charge in [0.15, 0.2) is 0 Å². The van der Waals surface area contributed by atoms with Crippen LogP contribution in [0.3, 0.4) is 0 Å². The standard InChI is InChI=1S/C12H21N3O2/c13-12(6-2-1-3-7-12)8-14-11(17)9-4-5-10(16)15-9/h9H,1-8,13H2,(H,14,17)(H,15,16)/t9-/m1/s1. The molecule has 4 N–H and O–H groups in total. The highest BCUT2D eigenvalue weighted by atomic mass is 16.2. The summed E-state index contributed by atoms with van der Waals surface area (Å²) in [6.45, 7) is 0.526. The second kappa shape index (κ2) is 5.04. The number of rotatable bonds is 3. The van der Waals surface area contributed by atoms with Gasteiger partial charge >= 0.3 is 0 Å². The van der Waals surface area contributed by atoms with Gasteiger partial charge in [-0.2, -0.15) is 0 Å². The summed E-state index contributed by atoms with van der Waals surface area (Å²) in [5.41, 5.74) is 5.99. The monoisotopic (exact) mass is 239 g/mol. The highest BCUT2D eigenvalue weighted by Gasteiger charge is 2.31. The third-order valence-corrected chi connectivity index (χ3v) is 3.78. The van der Waals surface area contributed by atoms with E-state index in [1.807, 2.05) is 0 Å². The molecule has 0 radical (unpaired) electrons. The number of nitrogens with two attached hydrogens (primary N) is 1. The maximum atomic E-state index is 11.8. The smallest absolute Gasteiger partial charge is 0.242 e. The Morgan fingerprint density at radius 1 is 1.41 bits per heavy atom. The number of hydrogen-bond acceptors (Lipinski definition) is 3. The zero-order valence-corrected chi connectivity index (χ0v) is 10.1. The van der Waals surface area contributed by atoms with Crippen molar-refractivity contribution < 1.29 is 9.59 Å². The fourth-order valence-corrected chi connectivity index (χ4v) is 2.63. The minimum absolute atomic E-state index is 0.0368. The van der Waals surface area contributed by atoms with Crippen LogP contribution in [-0.2, 0) is 9.59 Å². The minimum Gasteiger partial charge on any atom is -0.352 e. The summed E-state index contributed by atoms with van der Waals surface area (Å²) >= 11 is 0. The first-order chi connectivity index (χ1) is 8.09. The molecule has 2 aliphatic rings. The van der Waals surface area contributed by atoms with Gasteiger partial charge in [-0.3, -0.25) is 9.59 Å². The van der Waals surface area contributed by atoms with Crippen LogP contribution in [-0.4, -0.2) is 29.9 Å². The molecule has 0 aromatic rings. The Labute approximate surface area is 102 Å². The Morgan fingerprint density at radius 3 is 2.71 bits per heavy atom. The third-order valence-electron chi connectivity index (χ3n) is 3.78. The zero-order chi connectivity index (χ0) is 12.3. The van der Waals surface area contributed by atoms with E-state index in [1.165, 1.54) is 6.42 Å². The number of nitrogens with one attached hydrogen (secondary N) is 2. The van der Waals surface area contributed by atoms with Gasteiger partial charge in [-0.15, -0.1) is 0 Å². The second-order valence-electron chi connectivity index (χ2n) is 5.30. The van der Waals surface area contributed by atoms with Crippen molar-refractivity contribution in [1.82, 2.24) is 10.6 Å². The fourth-order valence-electron chi connectivity index (χ4n) is 2.63. The van der Waals surface area contributed by atoms with E-state index in [0.29, 0.717) is 19.4 Å². The maximum absolute atomic E-state index is 11.8. The van der Waals surface area contributed by atoms with Crippen LogP contribution in [0.15, 0.2) is 0 Å². The van der Waals surface area contributed by atoms with Crippen LogP contribution in [0, 0.1) is 0 Å². The second-order valence-corrected chi connectivity index (χ2v) is 5.30. The summed E-state index contributed by atoms with van der Waals surface area (Å²) in [7, 11) is 0. The van der Waals surface area contributed by atoms with E-state index in [9.17, 15) is 9.59 Å². The topological polar surface area (TPSA) is 84.2 Å². The van der Waals surface area contributed by atoms with E-state index in [-0.39, 0.29) is 23.4 Å². The van der Waals surface area contributed by atoms with Crippen molar-refractivity contribution in [3.63, 3.8) is 0 Å². The van der Waals surface area contributed by atoms with Crippen molar-refractivity contribution >= 4 is 11.8 Å². The number of carbonyl (C=O) groups is 2. The van der Waals surface area contributed by atoms with E-state index in [4.69, 9.17) is 5.73 Å². The average molecular weight is 239 g/mol. The molecule has 1 saturated carbocycles. The fraction of sp³-hybridized carbons (Fsp3) is 0.833. The molecule has 17 heavy (non-hydrogen) atoms. The van der Waals surface area contributed by atoms with Gasteiger partial charge in [0.05, 0.1) is 0 Å². The van der Waals surface area contributed by atoms with Gasteiger partial charge in [0.25, 0.3) is 0 Å². The van der Waals surface area contributed by atoms with Gasteiger partial charge in [-0.1, -0.05) is 19.3 Å². The Balaban J connectivity index is 1.77. The van der Waals surface area contributed by atoms with Gasteiger partial charge < -0.3 is 16.4 Å². The van der Waals surface area contributed by atoms with Gasteiger partial charge in [0.1, 0.15) is 6.04 Å². The first-order valence-corrected chi connectivity index (χ1v) is 6.45. The SMILES string of the molecule is NC1(CNC(=O)[C@H]2CCC(=O)N2)CCCCC1. The first kappa shape index (κ1) is 12.4. The van der Waals surface area contributed by atoms with E-state index in [0.717, 1.165) is 25.7 Å². The Hall–Kier alpha value is -1.10. The molecule has 2 rings (SSSR count). The summed E-state index contributed by atoms with van der Waals surface area (Å²) in [4.78, 5) is 22.8. The minimum atomic E-state index is -0.352.